The summed E-state index contributed by atoms with van der Waals surface area (Å²) in [5, 5.41) is 1.14. The Labute approximate surface area is 125 Å². The summed E-state index contributed by atoms with van der Waals surface area (Å²) < 4.78 is 7.24. The first kappa shape index (κ1) is 15.5. The van der Waals surface area contributed by atoms with E-state index in [1.54, 1.807) is 0 Å². The molecule has 1 aromatic carbocycles. The van der Waals surface area contributed by atoms with Crippen LogP contribution in [0.5, 0.6) is 0 Å². The van der Waals surface area contributed by atoms with Gasteiger partial charge in [-0.15, -0.1) is 0 Å². The van der Waals surface area contributed by atoms with E-state index in [4.69, 9.17) is 10.5 Å². The Morgan fingerprint density at radius 2 is 2.10 bits per heavy atom. The molecule has 0 aliphatic heterocycles. The van der Waals surface area contributed by atoms with Crippen molar-refractivity contribution in [3.63, 3.8) is 0 Å². The van der Waals surface area contributed by atoms with E-state index in [0.29, 0.717) is 19.6 Å². The molecule has 0 saturated heterocycles. The van der Waals surface area contributed by atoms with Crippen molar-refractivity contribution < 1.29 is 9.53 Å². The van der Waals surface area contributed by atoms with Gasteiger partial charge in [-0.05, 0) is 25.7 Å². The highest BCUT2D eigenvalue weighted by atomic mass is 16.5. The van der Waals surface area contributed by atoms with Crippen LogP contribution in [0, 0.1) is 0 Å². The number of rotatable bonds is 6. The molecule has 5 nitrogen and oxygen atoms in total. The van der Waals surface area contributed by atoms with Gasteiger partial charge in [-0.25, -0.2) is 0 Å². The highest BCUT2D eigenvalue weighted by Gasteiger charge is 2.18. The van der Waals surface area contributed by atoms with Crippen molar-refractivity contribution in [1.29, 1.82) is 0 Å². The van der Waals surface area contributed by atoms with E-state index in [1.165, 1.54) is 0 Å². The Morgan fingerprint density at radius 3 is 2.81 bits per heavy atom. The van der Waals surface area contributed by atoms with Gasteiger partial charge in [0, 0.05) is 37.1 Å². The van der Waals surface area contributed by atoms with Gasteiger partial charge in [0.05, 0.1) is 0 Å². The van der Waals surface area contributed by atoms with Gasteiger partial charge in [-0.3, -0.25) is 4.79 Å². The van der Waals surface area contributed by atoms with E-state index in [0.717, 1.165) is 16.5 Å². The number of aryl methyl sites for hydroxylation is 1. The lowest BCUT2D eigenvalue weighted by Crippen LogP contribution is -2.35. The fourth-order valence-electron chi connectivity index (χ4n) is 2.34. The SMILES string of the molecule is CN(C)CCOC(=O)[C@@H](N)Cc1cn(C)c2ccccc12. The molecule has 0 fully saturated rings. The molecule has 0 spiro atoms. The molecule has 114 valence electrons. The third-order valence-electron chi connectivity index (χ3n) is 3.50. The van der Waals surface area contributed by atoms with Gasteiger partial charge in [-0.1, -0.05) is 18.2 Å². The molecule has 0 bridgehead atoms. The number of benzene rings is 1. The number of esters is 1. The maximum Gasteiger partial charge on any atom is 0.323 e. The van der Waals surface area contributed by atoms with E-state index in [2.05, 4.69) is 16.7 Å². The highest BCUT2D eigenvalue weighted by molar-refractivity contribution is 5.85. The zero-order valence-electron chi connectivity index (χ0n) is 12.9. The fraction of sp³-hybridized carbons (Fsp3) is 0.438. The Hall–Kier alpha value is -1.85. The number of para-hydroxylation sites is 1. The van der Waals surface area contributed by atoms with Gasteiger partial charge < -0.3 is 19.9 Å². The Balaban J connectivity index is 2.01. The van der Waals surface area contributed by atoms with E-state index in [1.807, 2.05) is 44.4 Å². The maximum absolute atomic E-state index is 11.9. The number of likely N-dealkylation sites (N-methyl/N-ethyl adjacent to an activating group) is 1. The van der Waals surface area contributed by atoms with Crippen LogP contribution in [-0.2, 0) is 23.0 Å². The van der Waals surface area contributed by atoms with Crippen molar-refractivity contribution in [1.82, 2.24) is 9.47 Å². The molecule has 0 aliphatic carbocycles. The molecule has 2 rings (SSSR count). The van der Waals surface area contributed by atoms with E-state index in [-0.39, 0.29) is 5.97 Å². The minimum absolute atomic E-state index is 0.343. The predicted octanol–water partition coefficient (Wildman–Crippen LogP) is 1.15. The molecule has 0 aliphatic rings. The second-order valence-corrected chi connectivity index (χ2v) is 5.56. The van der Waals surface area contributed by atoms with Gasteiger partial charge in [0.2, 0.25) is 0 Å². The average Bonchev–Trinajstić information content (AvgIpc) is 2.75. The normalized spacial score (nSPS) is 12.8. The molecular formula is C16H23N3O2. The quantitative estimate of drug-likeness (QED) is 0.811. The van der Waals surface area contributed by atoms with Crippen LogP contribution in [0.25, 0.3) is 10.9 Å². The summed E-state index contributed by atoms with van der Waals surface area (Å²) in [5.74, 6) is -0.343. The molecule has 1 heterocycles. The number of nitrogens with zero attached hydrogens (tertiary/aromatic N) is 2. The standard InChI is InChI=1S/C16H23N3O2/c1-18(2)8-9-21-16(20)14(17)10-12-11-19(3)15-7-5-4-6-13(12)15/h4-7,11,14H,8-10,17H2,1-3H3/t14-/m0/s1. The number of fused-ring (bicyclic) bond motifs is 1. The van der Waals surface area contributed by atoms with Gasteiger partial charge >= 0.3 is 5.97 Å². The van der Waals surface area contributed by atoms with Crippen LogP contribution in [0.4, 0.5) is 0 Å². The second kappa shape index (κ2) is 6.74. The third-order valence-corrected chi connectivity index (χ3v) is 3.50. The summed E-state index contributed by atoms with van der Waals surface area (Å²) in [4.78, 5) is 13.9. The zero-order valence-corrected chi connectivity index (χ0v) is 12.9. The minimum Gasteiger partial charge on any atom is -0.463 e. The smallest absolute Gasteiger partial charge is 0.323 e. The molecule has 0 unspecified atom stereocenters. The van der Waals surface area contributed by atoms with Crippen LogP contribution in [0.15, 0.2) is 30.5 Å². The molecule has 5 heteroatoms. The van der Waals surface area contributed by atoms with Crippen molar-refractivity contribution in [3.8, 4) is 0 Å². The van der Waals surface area contributed by atoms with Crippen LogP contribution in [-0.4, -0.2) is 48.7 Å². The third kappa shape index (κ3) is 3.83. The molecule has 2 N–H and O–H groups in total. The first-order valence-corrected chi connectivity index (χ1v) is 7.09. The Bertz CT molecular complexity index is 619. The first-order chi connectivity index (χ1) is 9.99. The Kier molecular flexibility index (Phi) is 4.98. The van der Waals surface area contributed by atoms with Crippen molar-refractivity contribution in [3.05, 3.63) is 36.0 Å². The minimum atomic E-state index is -0.627. The topological polar surface area (TPSA) is 60.5 Å². The van der Waals surface area contributed by atoms with Crippen molar-refractivity contribution >= 4 is 16.9 Å². The number of carbonyl (C=O) groups is 1. The van der Waals surface area contributed by atoms with Gasteiger partial charge in [-0.2, -0.15) is 0 Å². The summed E-state index contributed by atoms with van der Waals surface area (Å²) in [5.41, 5.74) is 8.18. The summed E-state index contributed by atoms with van der Waals surface area (Å²) in [6.45, 7) is 1.07. The molecule has 2 aromatic rings. The molecule has 1 aromatic heterocycles. The van der Waals surface area contributed by atoms with Crippen LogP contribution < -0.4 is 5.73 Å². The summed E-state index contributed by atoms with van der Waals surface area (Å²) in [7, 11) is 5.86. The lowest BCUT2D eigenvalue weighted by atomic mass is 10.1. The number of aromatic nitrogens is 1. The summed E-state index contributed by atoms with van der Waals surface area (Å²) >= 11 is 0. The molecule has 0 radical (unpaired) electrons. The zero-order chi connectivity index (χ0) is 15.4. The lowest BCUT2D eigenvalue weighted by Gasteiger charge is -2.13. The van der Waals surface area contributed by atoms with Crippen molar-refractivity contribution in [2.24, 2.45) is 12.8 Å². The molecule has 0 amide bonds. The number of carbonyl (C=O) groups excluding carboxylic acids is 1. The predicted molar refractivity (Wildman–Crippen MR) is 84.1 cm³/mol. The van der Waals surface area contributed by atoms with Crippen LogP contribution >= 0.6 is 0 Å². The second-order valence-electron chi connectivity index (χ2n) is 5.56. The number of hydrogen-bond acceptors (Lipinski definition) is 4. The van der Waals surface area contributed by atoms with Crippen molar-refractivity contribution in [2.75, 3.05) is 27.2 Å². The van der Waals surface area contributed by atoms with Gasteiger partial charge in [0.25, 0.3) is 0 Å². The molecular weight excluding hydrogens is 266 g/mol. The van der Waals surface area contributed by atoms with E-state index >= 15 is 0 Å². The van der Waals surface area contributed by atoms with E-state index < -0.39 is 6.04 Å². The maximum atomic E-state index is 11.9. The summed E-state index contributed by atoms with van der Waals surface area (Å²) in [6, 6.07) is 7.47. The molecule has 0 saturated carbocycles. The van der Waals surface area contributed by atoms with E-state index in [9.17, 15) is 4.79 Å². The fourth-order valence-corrected chi connectivity index (χ4v) is 2.34. The average molecular weight is 289 g/mol. The number of hydrogen-bond donors (Lipinski definition) is 1. The largest absolute Gasteiger partial charge is 0.463 e. The van der Waals surface area contributed by atoms with Crippen LogP contribution in [0.1, 0.15) is 5.56 Å². The highest BCUT2D eigenvalue weighted by Crippen LogP contribution is 2.21. The van der Waals surface area contributed by atoms with Crippen LogP contribution in [0.3, 0.4) is 0 Å². The molecule has 21 heavy (non-hydrogen) atoms. The van der Waals surface area contributed by atoms with Gasteiger partial charge in [0.1, 0.15) is 12.6 Å². The first-order valence-electron chi connectivity index (χ1n) is 7.09. The summed E-state index contributed by atoms with van der Waals surface area (Å²) in [6.07, 6.45) is 2.51. The Morgan fingerprint density at radius 1 is 1.38 bits per heavy atom. The lowest BCUT2D eigenvalue weighted by molar-refractivity contribution is -0.145. The monoisotopic (exact) mass is 289 g/mol. The number of nitrogens with two attached hydrogens (primary N) is 1. The van der Waals surface area contributed by atoms with Crippen LogP contribution in [0.2, 0.25) is 0 Å². The number of ether oxygens (including phenoxy) is 1. The van der Waals surface area contributed by atoms with Gasteiger partial charge in [0.15, 0.2) is 0 Å². The molecule has 1 atom stereocenters. The van der Waals surface area contributed by atoms with Crippen molar-refractivity contribution in [2.45, 2.75) is 12.5 Å².